The van der Waals surface area contributed by atoms with E-state index in [-0.39, 0.29) is 11.5 Å². The van der Waals surface area contributed by atoms with Crippen molar-refractivity contribution in [2.24, 2.45) is 11.3 Å². The third-order valence-electron chi connectivity index (χ3n) is 2.20. The van der Waals surface area contributed by atoms with E-state index < -0.39 is 0 Å². The van der Waals surface area contributed by atoms with Crippen molar-refractivity contribution in [3.63, 3.8) is 0 Å². The number of Topliss-reactive ketones (excluding diaryl/α,β-unsaturated/α-hetero) is 1. The van der Waals surface area contributed by atoms with Gasteiger partial charge in [0.1, 0.15) is 0 Å². The summed E-state index contributed by atoms with van der Waals surface area (Å²) in [5, 5.41) is 3.34. The number of hydrogen-bond donors (Lipinski definition) is 1. The van der Waals surface area contributed by atoms with Crippen LogP contribution in [0.4, 0.5) is 0 Å². The Morgan fingerprint density at radius 1 is 1.07 bits per heavy atom. The SMILES string of the molecule is CC(C)N[C@H](C(=O)C(C)(C)C)C(C)C. The number of ketones is 1. The quantitative estimate of drug-likeness (QED) is 0.754. The number of nitrogens with one attached hydrogen (secondary N) is 1. The maximum Gasteiger partial charge on any atom is 0.155 e. The average Bonchev–Trinajstić information content (AvgIpc) is 1.96. The summed E-state index contributed by atoms with van der Waals surface area (Å²) in [4.78, 5) is 12.1. The molecule has 0 saturated carbocycles. The molecule has 0 aliphatic carbocycles. The van der Waals surface area contributed by atoms with E-state index in [1.54, 1.807) is 0 Å². The van der Waals surface area contributed by atoms with E-state index >= 15 is 0 Å². The lowest BCUT2D eigenvalue weighted by Gasteiger charge is -2.29. The van der Waals surface area contributed by atoms with Crippen LogP contribution in [0.5, 0.6) is 0 Å². The van der Waals surface area contributed by atoms with Gasteiger partial charge in [-0.05, 0) is 5.92 Å². The van der Waals surface area contributed by atoms with Gasteiger partial charge in [-0.1, -0.05) is 48.5 Å². The standard InChI is InChI=1S/C12H25NO/c1-8(2)10(13-9(3)4)11(14)12(5,6)7/h8-10,13H,1-7H3/t10-/m0/s1. The summed E-state index contributed by atoms with van der Waals surface area (Å²) in [5.41, 5.74) is -0.253. The van der Waals surface area contributed by atoms with Crippen molar-refractivity contribution in [3.8, 4) is 0 Å². The molecule has 0 fully saturated rings. The van der Waals surface area contributed by atoms with Crippen LogP contribution in [0, 0.1) is 11.3 Å². The molecule has 14 heavy (non-hydrogen) atoms. The lowest BCUT2D eigenvalue weighted by molar-refractivity contribution is -0.129. The molecule has 0 aromatic carbocycles. The molecule has 1 atom stereocenters. The molecule has 84 valence electrons. The fourth-order valence-electron chi connectivity index (χ4n) is 1.40. The van der Waals surface area contributed by atoms with Crippen LogP contribution in [0.25, 0.3) is 0 Å². The first kappa shape index (κ1) is 13.6. The fourth-order valence-corrected chi connectivity index (χ4v) is 1.40. The highest BCUT2D eigenvalue weighted by Gasteiger charge is 2.31. The zero-order chi connectivity index (χ0) is 11.5. The minimum Gasteiger partial charge on any atom is -0.305 e. The van der Waals surface area contributed by atoms with E-state index in [0.717, 1.165) is 0 Å². The lowest BCUT2D eigenvalue weighted by Crippen LogP contribution is -2.48. The summed E-state index contributed by atoms with van der Waals surface area (Å²) in [6.07, 6.45) is 0. The maximum atomic E-state index is 12.1. The Hall–Kier alpha value is -0.370. The van der Waals surface area contributed by atoms with E-state index in [2.05, 4.69) is 33.0 Å². The molecule has 0 aromatic rings. The summed E-state index contributed by atoms with van der Waals surface area (Å²) in [6.45, 7) is 14.3. The van der Waals surface area contributed by atoms with Crippen LogP contribution >= 0.6 is 0 Å². The minimum atomic E-state index is -0.253. The zero-order valence-electron chi connectivity index (χ0n) is 10.6. The molecule has 2 heteroatoms. The number of carbonyl (C=O) groups is 1. The van der Waals surface area contributed by atoms with Gasteiger partial charge in [-0.15, -0.1) is 0 Å². The van der Waals surface area contributed by atoms with Crippen LogP contribution in [-0.4, -0.2) is 17.9 Å². The third-order valence-corrected chi connectivity index (χ3v) is 2.20. The highest BCUT2D eigenvalue weighted by atomic mass is 16.1. The minimum absolute atomic E-state index is 0.0185. The van der Waals surface area contributed by atoms with Gasteiger partial charge in [-0.25, -0.2) is 0 Å². The second-order valence-corrected chi connectivity index (χ2v) is 5.66. The van der Waals surface area contributed by atoms with E-state index in [0.29, 0.717) is 17.7 Å². The van der Waals surface area contributed by atoms with Crippen LogP contribution in [0.2, 0.25) is 0 Å². The normalized spacial score (nSPS) is 14.9. The lowest BCUT2D eigenvalue weighted by atomic mass is 9.82. The Balaban J connectivity index is 4.59. The van der Waals surface area contributed by atoms with Crippen LogP contribution in [0.3, 0.4) is 0 Å². The molecule has 0 aromatic heterocycles. The van der Waals surface area contributed by atoms with Gasteiger partial charge in [0.05, 0.1) is 6.04 Å². The Morgan fingerprint density at radius 2 is 1.50 bits per heavy atom. The second kappa shape index (κ2) is 4.92. The Labute approximate surface area is 88.5 Å². The van der Waals surface area contributed by atoms with Gasteiger partial charge in [0.25, 0.3) is 0 Å². The number of carbonyl (C=O) groups excluding carboxylic acids is 1. The first-order valence-electron chi connectivity index (χ1n) is 5.46. The van der Waals surface area contributed by atoms with Gasteiger partial charge in [0.2, 0.25) is 0 Å². The van der Waals surface area contributed by atoms with Gasteiger partial charge in [-0.2, -0.15) is 0 Å². The van der Waals surface area contributed by atoms with Gasteiger partial charge in [0, 0.05) is 11.5 Å². The molecule has 2 nitrogen and oxygen atoms in total. The predicted molar refractivity (Wildman–Crippen MR) is 61.4 cm³/mol. The summed E-state index contributed by atoms with van der Waals surface area (Å²) in [5.74, 6) is 0.658. The van der Waals surface area contributed by atoms with Crippen LogP contribution < -0.4 is 5.32 Å². The largest absolute Gasteiger partial charge is 0.305 e. The summed E-state index contributed by atoms with van der Waals surface area (Å²) >= 11 is 0. The summed E-state index contributed by atoms with van der Waals surface area (Å²) < 4.78 is 0. The third kappa shape index (κ3) is 4.23. The highest BCUT2D eigenvalue weighted by molar-refractivity contribution is 5.88. The molecule has 0 heterocycles. The molecule has 0 bridgehead atoms. The van der Waals surface area contributed by atoms with Crippen molar-refractivity contribution in [2.75, 3.05) is 0 Å². The number of rotatable bonds is 4. The molecule has 0 amide bonds. The molecule has 0 aliphatic rings. The summed E-state index contributed by atoms with van der Waals surface area (Å²) in [7, 11) is 0. The summed E-state index contributed by atoms with van der Waals surface area (Å²) in [6, 6.07) is 0.337. The molecule has 1 N–H and O–H groups in total. The van der Waals surface area contributed by atoms with Crippen LogP contribution in [0.1, 0.15) is 48.5 Å². The fraction of sp³-hybridized carbons (Fsp3) is 0.917. The monoisotopic (exact) mass is 199 g/mol. The Bertz CT molecular complexity index is 189. The van der Waals surface area contributed by atoms with Gasteiger partial charge >= 0.3 is 0 Å². The Kier molecular flexibility index (Phi) is 4.79. The van der Waals surface area contributed by atoms with Crippen molar-refractivity contribution < 1.29 is 4.79 Å². The van der Waals surface area contributed by atoms with E-state index in [1.165, 1.54) is 0 Å². The van der Waals surface area contributed by atoms with E-state index in [4.69, 9.17) is 0 Å². The molecule has 0 saturated heterocycles. The molecule has 0 radical (unpaired) electrons. The average molecular weight is 199 g/mol. The van der Waals surface area contributed by atoms with E-state index in [1.807, 2.05) is 20.8 Å². The zero-order valence-corrected chi connectivity index (χ0v) is 10.6. The van der Waals surface area contributed by atoms with Crippen molar-refractivity contribution >= 4 is 5.78 Å². The van der Waals surface area contributed by atoms with Crippen LogP contribution in [-0.2, 0) is 4.79 Å². The highest BCUT2D eigenvalue weighted by Crippen LogP contribution is 2.20. The first-order chi connectivity index (χ1) is 6.16. The van der Waals surface area contributed by atoms with Crippen molar-refractivity contribution in [3.05, 3.63) is 0 Å². The van der Waals surface area contributed by atoms with Crippen molar-refractivity contribution in [1.82, 2.24) is 5.32 Å². The Morgan fingerprint density at radius 3 is 1.71 bits per heavy atom. The molecule has 0 unspecified atom stereocenters. The van der Waals surface area contributed by atoms with E-state index in [9.17, 15) is 4.79 Å². The van der Waals surface area contributed by atoms with Crippen molar-refractivity contribution in [1.29, 1.82) is 0 Å². The first-order valence-corrected chi connectivity index (χ1v) is 5.46. The molecule has 0 rings (SSSR count). The molecular weight excluding hydrogens is 174 g/mol. The topological polar surface area (TPSA) is 29.1 Å². The molecule has 0 aliphatic heterocycles. The van der Waals surface area contributed by atoms with Gasteiger partial charge in [0.15, 0.2) is 5.78 Å². The second-order valence-electron chi connectivity index (χ2n) is 5.66. The number of hydrogen-bond acceptors (Lipinski definition) is 2. The maximum absolute atomic E-state index is 12.1. The van der Waals surface area contributed by atoms with Gasteiger partial charge < -0.3 is 5.32 Å². The van der Waals surface area contributed by atoms with Crippen LogP contribution in [0.15, 0.2) is 0 Å². The predicted octanol–water partition coefficient (Wildman–Crippen LogP) is 2.62. The van der Waals surface area contributed by atoms with Crippen molar-refractivity contribution in [2.45, 2.75) is 60.5 Å². The smallest absolute Gasteiger partial charge is 0.155 e. The molecular formula is C12H25NO. The van der Waals surface area contributed by atoms with Gasteiger partial charge in [-0.3, -0.25) is 4.79 Å². The molecule has 0 spiro atoms.